The lowest BCUT2D eigenvalue weighted by Gasteiger charge is -2.31. The van der Waals surface area contributed by atoms with Crippen LogP contribution >= 0.6 is 0 Å². The van der Waals surface area contributed by atoms with Gasteiger partial charge in [-0.3, -0.25) is 0 Å². The van der Waals surface area contributed by atoms with Crippen LogP contribution in [0.4, 0.5) is 4.39 Å². The maximum absolute atomic E-state index is 12.8. The number of aliphatic hydroxyl groups excluding tert-OH is 1. The monoisotopic (exact) mass is 267 g/mol. The summed E-state index contributed by atoms with van der Waals surface area (Å²) >= 11 is 0. The summed E-state index contributed by atoms with van der Waals surface area (Å²) < 4.78 is 12.8. The maximum Gasteiger partial charge on any atom is 0.123 e. The van der Waals surface area contributed by atoms with Crippen molar-refractivity contribution >= 4 is 5.71 Å². The van der Waals surface area contributed by atoms with Crippen LogP contribution in [-0.2, 0) is 6.42 Å². The lowest BCUT2D eigenvalue weighted by Crippen LogP contribution is -2.33. The summed E-state index contributed by atoms with van der Waals surface area (Å²) in [5, 5.41) is 22.2. The molecule has 0 aromatic heterocycles. The molecule has 3 nitrogen and oxygen atoms in total. The molecular formula is C15H22FNO2. The Labute approximate surface area is 113 Å². The summed E-state index contributed by atoms with van der Waals surface area (Å²) in [5.41, 5.74) is 1.19. The molecule has 0 radical (unpaired) electrons. The Kier molecular flexibility index (Phi) is 5.48. The van der Waals surface area contributed by atoms with E-state index in [9.17, 15) is 9.50 Å². The summed E-state index contributed by atoms with van der Waals surface area (Å²) in [6.07, 6.45) is 0.988. The summed E-state index contributed by atoms with van der Waals surface area (Å²) in [7, 11) is 0. The third kappa shape index (κ3) is 4.63. The number of benzene rings is 1. The number of rotatable bonds is 6. The van der Waals surface area contributed by atoms with Crippen molar-refractivity contribution in [2.45, 2.75) is 46.1 Å². The van der Waals surface area contributed by atoms with Crippen molar-refractivity contribution in [3.63, 3.8) is 0 Å². The molecule has 1 aromatic carbocycles. The fraction of sp³-hybridized carbons (Fsp3) is 0.533. The van der Waals surface area contributed by atoms with Crippen LogP contribution in [0.5, 0.6) is 0 Å². The molecule has 0 saturated heterocycles. The van der Waals surface area contributed by atoms with Gasteiger partial charge in [0.15, 0.2) is 0 Å². The lowest BCUT2D eigenvalue weighted by atomic mass is 9.78. The Morgan fingerprint density at radius 1 is 1.32 bits per heavy atom. The van der Waals surface area contributed by atoms with E-state index in [1.807, 2.05) is 20.8 Å². The van der Waals surface area contributed by atoms with Crippen LogP contribution in [0.3, 0.4) is 0 Å². The minimum absolute atomic E-state index is 0.261. The highest BCUT2D eigenvalue weighted by Crippen LogP contribution is 2.28. The lowest BCUT2D eigenvalue weighted by molar-refractivity contribution is 0.0556. The third-order valence-corrected chi connectivity index (χ3v) is 3.45. The van der Waals surface area contributed by atoms with E-state index in [0.717, 1.165) is 5.56 Å². The van der Waals surface area contributed by atoms with E-state index in [1.165, 1.54) is 12.1 Å². The van der Waals surface area contributed by atoms with Gasteiger partial charge in [0.25, 0.3) is 0 Å². The van der Waals surface area contributed by atoms with Gasteiger partial charge in [-0.05, 0) is 36.0 Å². The molecule has 1 aromatic rings. The van der Waals surface area contributed by atoms with Crippen molar-refractivity contribution in [3.8, 4) is 0 Å². The number of halogens is 1. The van der Waals surface area contributed by atoms with Gasteiger partial charge < -0.3 is 10.3 Å². The van der Waals surface area contributed by atoms with Crippen LogP contribution in [0.15, 0.2) is 29.4 Å². The molecule has 106 valence electrons. The van der Waals surface area contributed by atoms with Crippen LogP contribution in [0.25, 0.3) is 0 Å². The number of hydrogen-bond acceptors (Lipinski definition) is 3. The molecule has 0 bridgehead atoms. The summed E-state index contributed by atoms with van der Waals surface area (Å²) in [6.45, 7) is 5.78. The number of aliphatic hydroxyl groups is 1. The molecule has 0 heterocycles. The van der Waals surface area contributed by atoms with E-state index in [0.29, 0.717) is 25.0 Å². The molecule has 0 amide bonds. The second-order valence-electron chi connectivity index (χ2n) is 5.53. The SMILES string of the molecule is CCC(CC(O)C(C)(C)Cc1ccc(F)cc1)=NO. The van der Waals surface area contributed by atoms with Crippen molar-refractivity contribution in [2.75, 3.05) is 0 Å². The zero-order chi connectivity index (χ0) is 14.5. The van der Waals surface area contributed by atoms with Gasteiger partial charge in [0.05, 0.1) is 11.8 Å². The molecule has 1 rings (SSSR count). The zero-order valence-electron chi connectivity index (χ0n) is 11.7. The van der Waals surface area contributed by atoms with Crippen LogP contribution in [0.2, 0.25) is 0 Å². The second-order valence-corrected chi connectivity index (χ2v) is 5.53. The minimum Gasteiger partial charge on any atom is -0.411 e. The largest absolute Gasteiger partial charge is 0.411 e. The van der Waals surface area contributed by atoms with Crippen molar-refractivity contribution in [1.29, 1.82) is 0 Å². The highest BCUT2D eigenvalue weighted by atomic mass is 19.1. The van der Waals surface area contributed by atoms with E-state index in [2.05, 4.69) is 5.16 Å². The number of oxime groups is 1. The van der Waals surface area contributed by atoms with E-state index in [1.54, 1.807) is 12.1 Å². The molecule has 0 aliphatic heterocycles. The fourth-order valence-electron chi connectivity index (χ4n) is 2.00. The number of nitrogens with zero attached hydrogens (tertiary/aromatic N) is 1. The summed E-state index contributed by atoms with van der Waals surface area (Å²) in [5.74, 6) is -0.261. The average Bonchev–Trinajstić information content (AvgIpc) is 2.38. The molecule has 4 heteroatoms. The molecule has 0 saturated carbocycles. The molecule has 0 fully saturated rings. The van der Waals surface area contributed by atoms with Crippen molar-refractivity contribution in [1.82, 2.24) is 0 Å². The smallest absolute Gasteiger partial charge is 0.123 e. The van der Waals surface area contributed by atoms with Gasteiger partial charge in [-0.15, -0.1) is 0 Å². The molecular weight excluding hydrogens is 245 g/mol. The van der Waals surface area contributed by atoms with Crippen LogP contribution in [-0.4, -0.2) is 22.1 Å². The molecule has 0 spiro atoms. The molecule has 19 heavy (non-hydrogen) atoms. The van der Waals surface area contributed by atoms with Gasteiger partial charge in [-0.25, -0.2) is 4.39 Å². The Balaban J connectivity index is 2.71. The predicted molar refractivity (Wildman–Crippen MR) is 74.0 cm³/mol. The van der Waals surface area contributed by atoms with Gasteiger partial charge in [-0.1, -0.05) is 38.1 Å². The first-order chi connectivity index (χ1) is 8.89. The van der Waals surface area contributed by atoms with Crippen LogP contribution < -0.4 is 0 Å². The van der Waals surface area contributed by atoms with Crippen molar-refractivity contribution in [3.05, 3.63) is 35.6 Å². The zero-order valence-corrected chi connectivity index (χ0v) is 11.7. The average molecular weight is 267 g/mol. The number of hydrogen-bond donors (Lipinski definition) is 2. The van der Waals surface area contributed by atoms with Gasteiger partial charge >= 0.3 is 0 Å². The van der Waals surface area contributed by atoms with E-state index in [-0.39, 0.29) is 11.2 Å². The Hall–Kier alpha value is -1.42. The van der Waals surface area contributed by atoms with Gasteiger partial charge in [0, 0.05) is 6.42 Å². The fourth-order valence-corrected chi connectivity index (χ4v) is 2.00. The molecule has 1 unspecified atom stereocenters. The maximum atomic E-state index is 12.8. The van der Waals surface area contributed by atoms with Gasteiger partial charge in [0.2, 0.25) is 0 Å². The minimum atomic E-state index is -0.608. The van der Waals surface area contributed by atoms with Gasteiger partial charge in [-0.2, -0.15) is 0 Å². The molecule has 1 atom stereocenters. The van der Waals surface area contributed by atoms with Crippen LogP contribution in [0, 0.1) is 11.2 Å². The topological polar surface area (TPSA) is 52.8 Å². The first kappa shape index (κ1) is 15.6. The first-order valence-electron chi connectivity index (χ1n) is 6.51. The summed E-state index contributed by atoms with van der Waals surface area (Å²) in [4.78, 5) is 0. The van der Waals surface area contributed by atoms with Crippen LogP contribution in [0.1, 0.15) is 39.2 Å². The second kappa shape index (κ2) is 6.66. The normalized spacial score (nSPS) is 14.5. The Morgan fingerprint density at radius 3 is 2.37 bits per heavy atom. The highest BCUT2D eigenvalue weighted by Gasteiger charge is 2.29. The summed E-state index contributed by atoms with van der Waals surface area (Å²) in [6, 6.07) is 6.30. The molecule has 0 aliphatic carbocycles. The highest BCUT2D eigenvalue weighted by molar-refractivity contribution is 5.84. The van der Waals surface area contributed by atoms with Crippen molar-refractivity contribution in [2.24, 2.45) is 10.6 Å². The Morgan fingerprint density at radius 2 is 1.89 bits per heavy atom. The third-order valence-electron chi connectivity index (χ3n) is 3.45. The molecule has 2 N–H and O–H groups in total. The first-order valence-corrected chi connectivity index (χ1v) is 6.51. The van der Waals surface area contributed by atoms with Gasteiger partial charge in [0.1, 0.15) is 5.82 Å². The van der Waals surface area contributed by atoms with E-state index >= 15 is 0 Å². The van der Waals surface area contributed by atoms with Crippen molar-refractivity contribution < 1.29 is 14.7 Å². The predicted octanol–water partition coefficient (Wildman–Crippen LogP) is 3.39. The Bertz CT molecular complexity index is 426. The van der Waals surface area contributed by atoms with E-state index in [4.69, 9.17) is 5.21 Å². The standard InChI is InChI=1S/C15H22FNO2/c1-4-13(17-19)9-14(18)15(2,3)10-11-5-7-12(16)8-6-11/h5-8,14,18-19H,4,9-10H2,1-3H3. The quantitative estimate of drug-likeness (QED) is 0.471. The van der Waals surface area contributed by atoms with E-state index < -0.39 is 6.10 Å². The molecule has 0 aliphatic rings.